The Morgan fingerprint density at radius 3 is 0.569 bits per heavy atom. The van der Waals surface area contributed by atoms with E-state index in [0.29, 0.717) is 0 Å². The van der Waals surface area contributed by atoms with E-state index in [0.717, 1.165) is 34.1 Å². The Bertz CT molecular complexity index is 2690. The Kier molecular flexibility index (Phi) is 11.5. The molecule has 0 aliphatic carbocycles. The van der Waals surface area contributed by atoms with E-state index >= 15 is 0 Å². The van der Waals surface area contributed by atoms with Crippen LogP contribution in [-0.4, -0.2) is 0 Å². The van der Waals surface area contributed by atoms with E-state index in [-0.39, 0.29) is 5.41 Å². The monoisotopic (exact) mass is 834 g/mol. The largest absolute Gasteiger partial charge is 0.311 e. The van der Waals surface area contributed by atoms with Crippen LogP contribution in [0, 0.1) is 0 Å². The molecule has 0 aliphatic heterocycles. The van der Waals surface area contributed by atoms with Gasteiger partial charge in [0.1, 0.15) is 0 Å². The molecule has 0 saturated heterocycles. The van der Waals surface area contributed by atoms with Crippen LogP contribution in [0.3, 0.4) is 0 Å². The van der Waals surface area contributed by atoms with Gasteiger partial charge in [-0.05, 0) is 128 Å². The van der Waals surface area contributed by atoms with Crippen molar-refractivity contribution in [1.29, 1.82) is 0 Å². The summed E-state index contributed by atoms with van der Waals surface area (Å²) in [7, 11) is 0. The SMILES string of the molecule is CC(C)(c1ccc(N(c2ccc(-c3ccccc3)cc2)c2ccc(-c3ccccc3)cc2)cc1)c1ccc(N(c2ccc(-c3ccccc3)cc2)c2ccc(-c3ccccc3)cc2)cc1. The Balaban J connectivity index is 0.954. The minimum absolute atomic E-state index is 0.254. The molecule has 0 atom stereocenters. The van der Waals surface area contributed by atoms with Gasteiger partial charge < -0.3 is 9.80 Å². The van der Waals surface area contributed by atoms with Gasteiger partial charge in [0.15, 0.2) is 0 Å². The first-order valence-electron chi connectivity index (χ1n) is 22.4. The molecular weight excluding hydrogens is 785 g/mol. The average molecular weight is 835 g/mol. The van der Waals surface area contributed by atoms with Gasteiger partial charge >= 0.3 is 0 Å². The molecule has 10 rings (SSSR count). The van der Waals surface area contributed by atoms with Gasteiger partial charge in [0, 0.05) is 39.5 Å². The molecule has 2 nitrogen and oxygen atoms in total. The molecule has 312 valence electrons. The highest BCUT2D eigenvalue weighted by Crippen LogP contribution is 2.41. The zero-order valence-electron chi connectivity index (χ0n) is 36.8. The van der Waals surface area contributed by atoms with Gasteiger partial charge in [-0.3, -0.25) is 0 Å². The summed E-state index contributed by atoms with van der Waals surface area (Å²) >= 11 is 0. The highest BCUT2D eigenvalue weighted by Gasteiger charge is 2.25. The van der Waals surface area contributed by atoms with Crippen molar-refractivity contribution in [3.63, 3.8) is 0 Å². The van der Waals surface area contributed by atoms with Gasteiger partial charge in [0.2, 0.25) is 0 Å². The smallest absolute Gasteiger partial charge is 0.0462 e. The third kappa shape index (κ3) is 8.76. The number of rotatable bonds is 12. The molecule has 0 aromatic heterocycles. The Morgan fingerprint density at radius 1 is 0.200 bits per heavy atom. The number of benzene rings is 10. The lowest BCUT2D eigenvalue weighted by atomic mass is 9.78. The molecule has 0 amide bonds. The molecule has 0 radical (unpaired) electrons. The Hall–Kier alpha value is -8.20. The average Bonchev–Trinajstić information content (AvgIpc) is 3.39. The molecule has 0 N–H and O–H groups in total. The highest BCUT2D eigenvalue weighted by atomic mass is 15.1. The maximum Gasteiger partial charge on any atom is 0.0462 e. The van der Waals surface area contributed by atoms with Crippen molar-refractivity contribution < 1.29 is 0 Å². The van der Waals surface area contributed by atoms with Gasteiger partial charge in [-0.15, -0.1) is 0 Å². The molecular formula is C63H50N2. The second-order valence-corrected chi connectivity index (χ2v) is 17.0. The minimum Gasteiger partial charge on any atom is -0.311 e. The number of hydrogen-bond donors (Lipinski definition) is 0. The van der Waals surface area contributed by atoms with Crippen LogP contribution in [-0.2, 0) is 5.41 Å². The molecule has 0 bridgehead atoms. The second kappa shape index (κ2) is 18.3. The van der Waals surface area contributed by atoms with Crippen LogP contribution >= 0.6 is 0 Å². The lowest BCUT2D eigenvalue weighted by molar-refractivity contribution is 0.641. The number of hydrogen-bond acceptors (Lipinski definition) is 2. The van der Waals surface area contributed by atoms with E-state index in [1.807, 2.05) is 0 Å². The molecule has 2 heteroatoms. The van der Waals surface area contributed by atoms with Gasteiger partial charge in [-0.1, -0.05) is 208 Å². The summed E-state index contributed by atoms with van der Waals surface area (Å²) in [6.07, 6.45) is 0. The molecule has 0 saturated carbocycles. The van der Waals surface area contributed by atoms with E-state index in [1.165, 1.54) is 55.6 Å². The van der Waals surface area contributed by atoms with Crippen molar-refractivity contribution in [2.75, 3.05) is 9.80 Å². The van der Waals surface area contributed by atoms with Crippen LogP contribution < -0.4 is 9.80 Å². The topological polar surface area (TPSA) is 6.48 Å². The molecule has 0 fully saturated rings. The van der Waals surface area contributed by atoms with Gasteiger partial charge in [-0.25, -0.2) is 0 Å². The van der Waals surface area contributed by atoms with Gasteiger partial charge in [0.05, 0.1) is 0 Å². The fraction of sp³-hybridized carbons (Fsp3) is 0.0476. The molecule has 0 unspecified atom stereocenters. The minimum atomic E-state index is -0.254. The second-order valence-electron chi connectivity index (χ2n) is 17.0. The van der Waals surface area contributed by atoms with Crippen molar-refractivity contribution in [2.24, 2.45) is 0 Å². The lowest BCUT2D eigenvalue weighted by Crippen LogP contribution is -2.19. The van der Waals surface area contributed by atoms with E-state index in [1.54, 1.807) is 0 Å². The van der Waals surface area contributed by atoms with Gasteiger partial charge in [-0.2, -0.15) is 0 Å². The van der Waals surface area contributed by atoms with Crippen LogP contribution in [0.25, 0.3) is 44.5 Å². The van der Waals surface area contributed by atoms with Crippen LogP contribution in [0.5, 0.6) is 0 Å². The third-order valence-corrected chi connectivity index (χ3v) is 12.6. The molecule has 10 aromatic rings. The maximum atomic E-state index is 2.35. The Morgan fingerprint density at radius 2 is 0.369 bits per heavy atom. The van der Waals surface area contributed by atoms with Crippen molar-refractivity contribution in [3.05, 3.63) is 278 Å². The number of nitrogens with zero attached hydrogens (tertiary/aromatic N) is 2. The first-order chi connectivity index (χ1) is 32.0. The fourth-order valence-corrected chi connectivity index (χ4v) is 8.85. The number of anilines is 6. The summed E-state index contributed by atoms with van der Waals surface area (Å²) in [5, 5.41) is 0. The van der Waals surface area contributed by atoms with Crippen LogP contribution in [0.1, 0.15) is 25.0 Å². The highest BCUT2D eigenvalue weighted by molar-refractivity contribution is 5.82. The van der Waals surface area contributed by atoms with Crippen molar-refractivity contribution >= 4 is 34.1 Å². The van der Waals surface area contributed by atoms with E-state index < -0.39 is 0 Å². The van der Waals surface area contributed by atoms with Crippen molar-refractivity contribution in [2.45, 2.75) is 19.3 Å². The summed E-state index contributed by atoms with van der Waals surface area (Å²) in [6, 6.07) is 96.1. The molecule has 0 aliphatic rings. The molecule has 0 heterocycles. The zero-order valence-corrected chi connectivity index (χ0v) is 36.8. The van der Waals surface area contributed by atoms with Crippen molar-refractivity contribution in [1.82, 2.24) is 0 Å². The van der Waals surface area contributed by atoms with Crippen LogP contribution in [0.15, 0.2) is 267 Å². The zero-order chi connectivity index (χ0) is 44.0. The Labute approximate surface area is 384 Å². The quantitative estimate of drug-likeness (QED) is 0.121. The van der Waals surface area contributed by atoms with Crippen LogP contribution in [0.2, 0.25) is 0 Å². The fourth-order valence-electron chi connectivity index (χ4n) is 8.85. The molecule has 65 heavy (non-hydrogen) atoms. The van der Waals surface area contributed by atoms with Gasteiger partial charge in [0.25, 0.3) is 0 Å². The van der Waals surface area contributed by atoms with E-state index in [2.05, 4.69) is 291 Å². The molecule has 0 spiro atoms. The predicted octanol–water partition coefficient (Wildman–Crippen LogP) is 17.6. The first kappa shape index (κ1) is 40.8. The summed E-state index contributed by atoms with van der Waals surface area (Å²) in [5.74, 6) is 0. The molecule has 10 aromatic carbocycles. The third-order valence-electron chi connectivity index (χ3n) is 12.6. The van der Waals surface area contributed by atoms with Crippen LogP contribution in [0.4, 0.5) is 34.1 Å². The summed E-state index contributed by atoms with van der Waals surface area (Å²) in [4.78, 5) is 4.70. The maximum absolute atomic E-state index is 2.35. The predicted molar refractivity (Wildman–Crippen MR) is 276 cm³/mol. The van der Waals surface area contributed by atoms with Crippen molar-refractivity contribution in [3.8, 4) is 44.5 Å². The standard InChI is InChI=1S/C63H50N2/c1-63(2,55-31-43-61(44-32-55)64(57-35-23-51(24-36-57)47-15-7-3-8-16-47)58-37-25-52(26-38-58)48-17-9-4-10-18-48)56-33-45-62(46-34-56)65(59-39-27-53(28-40-59)49-19-11-5-12-20-49)60-41-29-54(30-42-60)50-21-13-6-14-22-50/h3-46H,1-2H3. The first-order valence-corrected chi connectivity index (χ1v) is 22.4. The normalized spacial score (nSPS) is 11.2. The van der Waals surface area contributed by atoms with E-state index in [9.17, 15) is 0 Å². The summed E-state index contributed by atoms with van der Waals surface area (Å²) in [5.41, 5.74) is 18.5. The summed E-state index contributed by atoms with van der Waals surface area (Å²) in [6.45, 7) is 4.64. The summed E-state index contributed by atoms with van der Waals surface area (Å²) < 4.78 is 0. The van der Waals surface area contributed by atoms with E-state index in [4.69, 9.17) is 0 Å². The lowest BCUT2D eigenvalue weighted by Gasteiger charge is -2.30.